The molecule has 2 N–H and O–H groups in total. The molecule has 14 heavy (non-hydrogen) atoms. The SMILES string of the molecule is CCCN(CCCN)CC(CC)CC. The number of nitrogens with zero attached hydrogens (tertiary/aromatic N) is 1. The van der Waals surface area contributed by atoms with Crippen LogP contribution in [0.3, 0.4) is 0 Å². The second-order valence-electron chi connectivity index (χ2n) is 4.13. The molecular formula is C12H28N2. The van der Waals surface area contributed by atoms with Crippen molar-refractivity contribution in [3.63, 3.8) is 0 Å². The fourth-order valence-electron chi connectivity index (χ4n) is 1.84. The monoisotopic (exact) mass is 200 g/mol. The first kappa shape index (κ1) is 13.9. The van der Waals surface area contributed by atoms with E-state index < -0.39 is 0 Å². The third-order valence-corrected chi connectivity index (χ3v) is 2.89. The molecule has 0 aliphatic carbocycles. The molecule has 0 rings (SSSR count). The van der Waals surface area contributed by atoms with Crippen LogP contribution in [0.2, 0.25) is 0 Å². The maximum absolute atomic E-state index is 5.54. The molecule has 0 heterocycles. The third-order valence-electron chi connectivity index (χ3n) is 2.89. The Labute approximate surface area is 89.9 Å². The second-order valence-corrected chi connectivity index (χ2v) is 4.13. The Hall–Kier alpha value is -0.0800. The average Bonchev–Trinajstić information content (AvgIpc) is 2.22. The fraction of sp³-hybridized carbons (Fsp3) is 1.00. The first-order valence-electron chi connectivity index (χ1n) is 6.20. The van der Waals surface area contributed by atoms with E-state index in [2.05, 4.69) is 25.7 Å². The highest BCUT2D eigenvalue weighted by Crippen LogP contribution is 2.10. The van der Waals surface area contributed by atoms with Gasteiger partial charge in [-0.2, -0.15) is 0 Å². The van der Waals surface area contributed by atoms with Gasteiger partial charge >= 0.3 is 0 Å². The van der Waals surface area contributed by atoms with Gasteiger partial charge in [-0.05, 0) is 38.4 Å². The van der Waals surface area contributed by atoms with Crippen molar-refractivity contribution in [1.82, 2.24) is 4.90 Å². The first-order chi connectivity index (χ1) is 6.78. The molecule has 0 bridgehead atoms. The summed E-state index contributed by atoms with van der Waals surface area (Å²) >= 11 is 0. The van der Waals surface area contributed by atoms with Gasteiger partial charge < -0.3 is 10.6 Å². The molecule has 2 heteroatoms. The van der Waals surface area contributed by atoms with E-state index in [0.717, 1.165) is 18.9 Å². The highest BCUT2D eigenvalue weighted by molar-refractivity contribution is 4.64. The van der Waals surface area contributed by atoms with E-state index in [4.69, 9.17) is 5.73 Å². The molecule has 0 saturated carbocycles. The van der Waals surface area contributed by atoms with E-state index in [1.807, 2.05) is 0 Å². The smallest absolute Gasteiger partial charge is 0.000946 e. The summed E-state index contributed by atoms with van der Waals surface area (Å²) in [7, 11) is 0. The molecule has 0 aromatic heterocycles. The average molecular weight is 200 g/mol. The molecule has 86 valence electrons. The predicted octanol–water partition coefficient (Wildman–Crippen LogP) is 2.48. The molecule has 0 saturated heterocycles. The molecule has 0 radical (unpaired) electrons. The summed E-state index contributed by atoms with van der Waals surface area (Å²) in [6.45, 7) is 11.3. The van der Waals surface area contributed by atoms with Crippen LogP contribution in [-0.4, -0.2) is 31.1 Å². The van der Waals surface area contributed by atoms with Crippen molar-refractivity contribution in [2.45, 2.75) is 46.5 Å². The topological polar surface area (TPSA) is 29.3 Å². The van der Waals surface area contributed by atoms with Gasteiger partial charge in [0.15, 0.2) is 0 Å². The van der Waals surface area contributed by atoms with Gasteiger partial charge in [0.05, 0.1) is 0 Å². The van der Waals surface area contributed by atoms with Crippen LogP contribution in [0.25, 0.3) is 0 Å². The lowest BCUT2D eigenvalue weighted by Gasteiger charge is -2.25. The minimum Gasteiger partial charge on any atom is -0.330 e. The van der Waals surface area contributed by atoms with E-state index in [9.17, 15) is 0 Å². The van der Waals surface area contributed by atoms with Crippen molar-refractivity contribution >= 4 is 0 Å². The summed E-state index contributed by atoms with van der Waals surface area (Å²) < 4.78 is 0. The van der Waals surface area contributed by atoms with Crippen LogP contribution in [0.1, 0.15) is 46.5 Å². The summed E-state index contributed by atoms with van der Waals surface area (Å²) in [6, 6.07) is 0. The van der Waals surface area contributed by atoms with Gasteiger partial charge in [0, 0.05) is 6.54 Å². The Morgan fingerprint density at radius 1 is 1.07 bits per heavy atom. The van der Waals surface area contributed by atoms with Crippen molar-refractivity contribution in [1.29, 1.82) is 0 Å². The van der Waals surface area contributed by atoms with Crippen molar-refractivity contribution < 1.29 is 0 Å². The van der Waals surface area contributed by atoms with Crippen LogP contribution in [0.5, 0.6) is 0 Å². The van der Waals surface area contributed by atoms with Crippen molar-refractivity contribution in [3.8, 4) is 0 Å². The van der Waals surface area contributed by atoms with Gasteiger partial charge in [-0.3, -0.25) is 0 Å². The van der Waals surface area contributed by atoms with Gasteiger partial charge in [0.1, 0.15) is 0 Å². The lowest BCUT2D eigenvalue weighted by Crippen LogP contribution is -2.32. The lowest BCUT2D eigenvalue weighted by molar-refractivity contribution is 0.222. The molecule has 0 amide bonds. The molecular weight excluding hydrogens is 172 g/mol. The standard InChI is InChI=1S/C12H28N2/c1-4-9-14(10-7-8-13)11-12(5-2)6-3/h12H,4-11,13H2,1-3H3. The Balaban J connectivity index is 3.80. The van der Waals surface area contributed by atoms with Crippen LogP contribution < -0.4 is 5.73 Å². The minimum atomic E-state index is 0.823. The highest BCUT2D eigenvalue weighted by atomic mass is 15.1. The fourth-order valence-corrected chi connectivity index (χ4v) is 1.84. The molecule has 2 nitrogen and oxygen atoms in total. The third kappa shape index (κ3) is 6.39. The Morgan fingerprint density at radius 2 is 1.71 bits per heavy atom. The normalized spacial score (nSPS) is 11.6. The van der Waals surface area contributed by atoms with Crippen molar-refractivity contribution in [2.75, 3.05) is 26.2 Å². The van der Waals surface area contributed by atoms with Crippen LogP contribution in [0.4, 0.5) is 0 Å². The maximum Gasteiger partial charge on any atom is 0.000946 e. The number of nitrogens with two attached hydrogens (primary N) is 1. The molecule has 0 aromatic carbocycles. The summed E-state index contributed by atoms with van der Waals surface area (Å²) in [5.41, 5.74) is 5.54. The number of hydrogen-bond acceptors (Lipinski definition) is 2. The molecule has 0 spiro atoms. The first-order valence-corrected chi connectivity index (χ1v) is 6.20. The van der Waals surface area contributed by atoms with Crippen LogP contribution in [0, 0.1) is 5.92 Å². The van der Waals surface area contributed by atoms with Gasteiger partial charge in [-0.25, -0.2) is 0 Å². The zero-order valence-corrected chi connectivity index (χ0v) is 10.3. The van der Waals surface area contributed by atoms with Crippen LogP contribution in [-0.2, 0) is 0 Å². The van der Waals surface area contributed by atoms with Gasteiger partial charge in [0.25, 0.3) is 0 Å². The molecule has 0 aliphatic rings. The van der Waals surface area contributed by atoms with E-state index in [1.165, 1.54) is 38.9 Å². The van der Waals surface area contributed by atoms with Crippen molar-refractivity contribution in [3.05, 3.63) is 0 Å². The minimum absolute atomic E-state index is 0.823. The summed E-state index contributed by atoms with van der Waals surface area (Å²) in [4.78, 5) is 2.57. The zero-order valence-electron chi connectivity index (χ0n) is 10.3. The predicted molar refractivity (Wildman–Crippen MR) is 64.5 cm³/mol. The van der Waals surface area contributed by atoms with Gasteiger partial charge in [-0.1, -0.05) is 33.6 Å². The Bertz CT molecular complexity index is 111. The Morgan fingerprint density at radius 3 is 2.14 bits per heavy atom. The highest BCUT2D eigenvalue weighted by Gasteiger charge is 2.09. The summed E-state index contributed by atoms with van der Waals surface area (Å²) in [5, 5.41) is 0. The van der Waals surface area contributed by atoms with Crippen LogP contribution >= 0.6 is 0 Å². The molecule has 0 aliphatic heterocycles. The van der Waals surface area contributed by atoms with E-state index in [-0.39, 0.29) is 0 Å². The quantitative estimate of drug-likeness (QED) is 0.619. The van der Waals surface area contributed by atoms with E-state index in [0.29, 0.717) is 0 Å². The van der Waals surface area contributed by atoms with Crippen molar-refractivity contribution in [2.24, 2.45) is 11.7 Å². The molecule has 0 fully saturated rings. The molecule has 0 aromatic rings. The maximum atomic E-state index is 5.54. The molecule has 0 atom stereocenters. The Kier molecular flexibility index (Phi) is 9.42. The lowest BCUT2D eigenvalue weighted by atomic mass is 10.0. The summed E-state index contributed by atoms with van der Waals surface area (Å²) in [6.07, 6.45) is 5.00. The largest absolute Gasteiger partial charge is 0.330 e. The van der Waals surface area contributed by atoms with E-state index in [1.54, 1.807) is 0 Å². The number of hydrogen-bond donors (Lipinski definition) is 1. The summed E-state index contributed by atoms with van der Waals surface area (Å²) in [5.74, 6) is 0.874. The second kappa shape index (κ2) is 9.47. The molecule has 0 unspecified atom stereocenters. The van der Waals surface area contributed by atoms with E-state index >= 15 is 0 Å². The van der Waals surface area contributed by atoms with Gasteiger partial charge in [-0.15, -0.1) is 0 Å². The van der Waals surface area contributed by atoms with Gasteiger partial charge in [0.2, 0.25) is 0 Å². The van der Waals surface area contributed by atoms with Crippen LogP contribution in [0.15, 0.2) is 0 Å². The zero-order chi connectivity index (χ0) is 10.8. The number of rotatable bonds is 9.